The standard InChI is InChI=1S/C8H11N3.C7H12N2/c1-6(2)11-5-10-8(4-9)7(11)3;1-6(2)9-4-7(3)8-5-9/h5-6H,1-3H3;4-6H,1-3H3. The molecule has 108 valence electrons. The smallest absolute Gasteiger partial charge is 0.161 e. The van der Waals surface area contributed by atoms with Gasteiger partial charge in [-0.25, -0.2) is 9.97 Å². The van der Waals surface area contributed by atoms with Crippen LogP contribution in [0.3, 0.4) is 0 Å². The average molecular weight is 273 g/mol. The highest BCUT2D eigenvalue weighted by Gasteiger charge is 2.06. The molecule has 0 aliphatic heterocycles. The van der Waals surface area contributed by atoms with Crippen LogP contribution in [-0.2, 0) is 0 Å². The summed E-state index contributed by atoms with van der Waals surface area (Å²) >= 11 is 0. The molecule has 0 spiro atoms. The third-order valence-corrected chi connectivity index (χ3v) is 3.03. The molecule has 0 N–H and O–H groups in total. The number of imidazole rings is 2. The molecule has 2 aromatic rings. The fourth-order valence-electron chi connectivity index (χ4n) is 1.78. The van der Waals surface area contributed by atoms with E-state index in [1.165, 1.54) is 0 Å². The predicted octanol–water partition coefficient (Wildman–Crippen LogP) is 3.42. The molecule has 2 aromatic heterocycles. The molecule has 0 fully saturated rings. The first-order valence-electron chi connectivity index (χ1n) is 6.80. The Morgan fingerprint density at radius 1 is 1.05 bits per heavy atom. The molecular weight excluding hydrogens is 250 g/mol. The molecule has 20 heavy (non-hydrogen) atoms. The highest BCUT2D eigenvalue weighted by atomic mass is 15.1. The summed E-state index contributed by atoms with van der Waals surface area (Å²) in [6.45, 7) is 12.3. The fraction of sp³-hybridized carbons (Fsp3) is 0.533. The normalized spacial score (nSPS) is 10.3. The monoisotopic (exact) mass is 273 g/mol. The summed E-state index contributed by atoms with van der Waals surface area (Å²) in [5.74, 6) is 0. The first-order valence-corrected chi connectivity index (χ1v) is 6.80. The van der Waals surface area contributed by atoms with Crippen LogP contribution in [0.2, 0.25) is 0 Å². The van der Waals surface area contributed by atoms with E-state index < -0.39 is 0 Å². The van der Waals surface area contributed by atoms with Crippen molar-refractivity contribution in [3.63, 3.8) is 0 Å². The van der Waals surface area contributed by atoms with Crippen LogP contribution in [0.1, 0.15) is 56.9 Å². The molecule has 0 atom stereocenters. The van der Waals surface area contributed by atoms with Crippen LogP contribution in [0.5, 0.6) is 0 Å². The maximum atomic E-state index is 8.59. The summed E-state index contributed by atoms with van der Waals surface area (Å²) in [7, 11) is 0. The summed E-state index contributed by atoms with van der Waals surface area (Å²) in [5, 5.41) is 8.59. The number of nitrogens with zero attached hydrogens (tertiary/aromatic N) is 5. The second-order valence-electron chi connectivity index (χ2n) is 5.35. The predicted molar refractivity (Wildman–Crippen MR) is 79.4 cm³/mol. The van der Waals surface area contributed by atoms with Crippen LogP contribution in [0.25, 0.3) is 0 Å². The van der Waals surface area contributed by atoms with Crippen molar-refractivity contribution in [1.29, 1.82) is 5.26 Å². The van der Waals surface area contributed by atoms with E-state index in [9.17, 15) is 0 Å². The summed E-state index contributed by atoms with van der Waals surface area (Å²) in [4.78, 5) is 8.06. The van der Waals surface area contributed by atoms with Crippen LogP contribution < -0.4 is 0 Å². The first kappa shape index (κ1) is 16.0. The number of hydrogen-bond donors (Lipinski definition) is 0. The summed E-state index contributed by atoms with van der Waals surface area (Å²) in [5.41, 5.74) is 2.56. The van der Waals surface area contributed by atoms with Gasteiger partial charge in [0.1, 0.15) is 6.07 Å². The van der Waals surface area contributed by atoms with Crippen molar-refractivity contribution >= 4 is 0 Å². The lowest BCUT2D eigenvalue weighted by molar-refractivity contribution is 0.585. The van der Waals surface area contributed by atoms with Crippen molar-refractivity contribution in [3.8, 4) is 6.07 Å². The number of aryl methyl sites for hydroxylation is 1. The van der Waals surface area contributed by atoms with Gasteiger partial charge in [0.2, 0.25) is 0 Å². The van der Waals surface area contributed by atoms with Gasteiger partial charge in [-0.15, -0.1) is 0 Å². The quantitative estimate of drug-likeness (QED) is 0.842. The Morgan fingerprint density at radius 3 is 1.95 bits per heavy atom. The zero-order valence-corrected chi connectivity index (χ0v) is 13.1. The summed E-state index contributed by atoms with van der Waals surface area (Å²) in [6.07, 6.45) is 5.61. The number of hydrogen-bond acceptors (Lipinski definition) is 3. The Morgan fingerprint density at radius 2 is 1.70 bits per heavy atom. The van der Waals surface area contributed by atoms with E-state index in [2.05, 4.69) is 42.2 Å². The van der Waals surface area contributed by atoms with Crippen molar-refractivity contribution in [3.05, 3.63) is 35.9 Å². The molecule has 0 aliphatic carbocycles. The van der Waals surface area contributed by atoms with Crippen LogP contribution in [0, 0.1) is 25.2 Å². The highest BCUT2D eigenvalue weighted by Crippen LogP contribution is 2.11. The topological polar surface area (TPSA) is 59.4 Å². The van der Waals surface area contributed by atoms with Gasteiger partial charge < -0.3 is 9.13 Å². The zero-order valence-electron chi connectivity index (χ0n) is 13.1. The van der Waals surface area contributed by atoms with E-state index in [-0.39, 0.29) is 0 Å². The van der Waals surface area contributed by atoms with Gasteiger partial charge >= 0.3 is 0 Å². The Labute approximate surface area is 120 Å². The van der Waals surface area contributed by atoms with Gasteiger partial charge in [0.05, 0.1) is 24.0 Å². The molecule has 5 heteroatoms. The molecule has 0 aromatic carbocycles. The minimum absolute atomic E-state index is 0.379. The maximum absolute atomic E-state index is 8.59. The number of nitriles is 1. The summed E-state index contributed by atoms with van der Waals surface area (Å²) < 4.78 is 4.08. The van der Waals surface area contributed by atoms with Crippen molar-refractivity contribution in [1.82, 2.24) is 19.1 Å². The second-order valence-corrected chi connectivity index (χ2v) is 5.35. The van der Waals surface area contributed by atoms with Crippen LogP contribution in [-0.4, -0.2) is 19.1 Å². The Hall–Kier alpha value is -2.09. The highest BCUT2D eigenvalue weighted by molar-refractivity contribution is 5.25. The third kappa shape index (κ3) is 3.95. The average Bonchev–Trinajstić information content (AvgIpc) is 2.96. The summed E-state index contributed by atoms with van der Waals surface area (Å²) in [6, 6.07) is 2.95. The van der Waals surface area contributed by atoms with Gasteiger partial charge in [0.15, 0.2) is 5.69 Å². The minimum atomic E-state index is 0.379. The van der Waals surface area contributed by atoms with Crippen molar-refractivity contribution in [2.75, 3.05) is 0 Å². The Balaban J connectivity index is 0.000000204. The van der Waals surface area contributed by atoms with Crippen LogP contribution in [0.4, 0.5) is 0 Å². The zero-order chi connectivity index (χ0) is 15.3. The molecule has 0 bridgehead atoms. The van der Waals surface area contributed by atoms with E-state index >= 15 is 0 Å². The lowest BCUT2D eigenvalue weighted by Gasteiger charge is -2.07. The molecule has 0 aliphatic rings. The molecule has 0 radical (unpaired) electrons. The van der Waals surface area contributed by atoms with Crippen molar-refractivity contribution in [2.45, 2.75) is 53.6 Å². The van der Waals surface area contributed by atoms with E-state index in [1.54, 1.807) is 6.33 Å². The number of aromatic nitrogens is 4. The van der Waals surface area contributed by atoms with Crippen molar-refractivity contribution in [2.24, 2.45) is 0 Å². The van der Waals surface area contributed by atoms with E-state index in [4.69, 9.17) is 5.26 Å². The molecular formula is C15H23N5. The largest absolute Gasteiger partial charge is 0.335 e. The SMILES string of the molecule is Cc1c(C#N)ncn1C(C)C.Cc1cn(C(C)C)cn1. The maximum Gasteiger partial charge on any atom is 0.161 e. The second kappa shape index (κ2) is 6.90. The van der Waals surface area contributed by atoms with E-state index in [0.29, 0.717) is 17.8 Å². The van der Waals surface area contributed by atoms with E-state index in [0.717, 1.165) is 11.4 Å². The molecule has 2 rings (SSSR count). The van der Waals surface area contributed by atoms with Gasteiger partial charge in [-0.1, -0.05) is 0 Å². The lowest BCUT2D eigenvalue weighted by atomic mass is 10.3. The Bertz CT molecular complexity index is 584. The van der Waals surface area contributed by atoms with Gasteiger partial charge in [-0.2, -0.15) is 5.26 Å². The third-order valence-electron chi connectivity index (χ3n) is 3.03. The molecule has 0 unspecified atom stereocenters. The minimum Gasteiger partial charge on any atom is -0.335 e. The Kier molecular flexibility index (Phi) is 5.51. The first-order chi connectivity index (χ1) is 9.36. The van der Waals surface area contributed by atoms with Gasteiger partial charge in [-0.3, -0.25) is 0 Å². The van der Waals surface area contributed by atoms with Gasteiger partial charge in [0.25, 0.3) is 0 Å². The molecule has 0 amide bonds. The lowest BCUT2D eigenvalue weighted by Crippen LogP contribution is -2.00. The number of rotatable bonds is 2. The molecule has 2 heterocycles. The van der Waals surface area contributed by atoms with Crippen LogP contribution in [0.15, 0.2) is 18.9 Å². The van der Waals surface area contributed by atoms with Crippen molar-refractivity contribution < 1.29 is 0 Å². The molecule has 0 saturated heterocycles. The van der Waals surface area contributed by atoms with E-state index in [1.807, 2.05) is 37.0 Å². The van der Waals surface area contributed by atoms with Gasteiger partial charge in [0, 0.05) is 18.3 Å². The molecule has 5 nitrogen and oxygen atoms in total. The van der Waals surface area contributed by atoms with Crippen LogP contribution >= 0.6 is 0 Å². The fourth-order valence-corrected chi connectivity index (χ4v) is 1.78. The van der Waals surface area contributed by atoms with Gasteiger partial charge in [-0.05, 0) is 41.5 Å². The molecule has 0 saturated carbocycles.